The average Bonchev–Trinajstić information content (AvgIpc) is 3.05. The minimum atomic E-state index is -0.468. The Hall–Kier alpha value is -2.15. The number of aromatic nitrogens is 2. The van der Waals surface area contributed by atoms with Gasteiger partial charge in [0.25, 0.3) is 5.91 Å². The molecule has 1 amide bonds. The molecule has 0 aliphatic carbocycles. The van der Waals surface area contributed by atoms with Crippen LogP contribution in [0.3, 0.4) is 0 Å². The number of benzene rings is 1. The van der Waals surface area contributed by atoms with E-state index < -0.39 is 5.91 Å². The molecule has 3 rings (SSSR count). The summed E-state index contributed by atoms with van der Waals surface area (Å²) in [6.07, 6.45) is 0. The van der Waals surface area contributed by atoms with E-state index in [0.717, 1.165) is 11.1 Å². The van der Waals surface area contributed by atoms with E-state index >= 15 is 0 Å². The van der Waals surface area contributed by atoms with Crippen LogP contribution in [0.15, 0.2) is 35.7 Å². The third-order valence-corrected chi connectivity index (χ3v) is 4.66. The van der Waals surface area contributed by atoms with Gasteiger partial charge in [0.2, 0.25) is 0 Å². The zero-order valence-corrected chi connectivity index (χ0v) is 15.7. The standard InChI is InChI=1S/C17H13Cl2N3O2S/c1-9-3-5-13(24-2)10(7-9)12-8-25-17(20-12)22-16(23)15-11(18)4-6-14(19)21-15/h3-8H,1-2H3,(H,20,22,23). The Morgan fingerprint density at radius 3 is 2.76 bits per heavy atom. The number of nitrogens with one attached hydrogen (secondary N) is 1. The third kappa shape index (κ3) is 3.92. The fourth-order valence-electron chi connectivity index (χ4n) is 2.21. The van der Waals surface area contributed by atoms with Crippen LogP contribution in [-0.2, 0) is 0 Å². The van der Waals surface area contributed by atoms with Crippen molar-refractivity contribution in [2.75, 3.05) is 12.4 Å². The second-order valence-electron chi connectivity index (χ2n) is 5.16. The molecule has 8 heteroatoms. The van der Waals surface area contributed by atoms with Crippen LogP contribution in [0.25, 0.3) is 11.3 Å². The first-order valence-electron chi connectivity index (χ1n) is 7.22. The van der Waals surface area contributed by atoms with Crippen molar-refractivity contribution in [1.82, 2.24) is 9.97 Å². The fourth-order valence-corrected chi connectivity index (χ4v) is 3.25. The summed E-state index contributed by atoms with van der Waals surface area (Å²) < 4.78 is 5.38. The molecule has 25 heavy (non-hydrogen) atoms. The van der Waals surface area contributed by atoms with E-state index in [2.05, 4.69) is 15.3 Å². The number of halogens is 2. The van der Waals surface area contributed by atoms with Crippen LogP contribution in [0.4, 0.5) is 5.13 Å². The summed E-state index contributed by atoms with van der Waals surface area (Å²) in [6, 6.07) is 8.87. The fraction of sp³-hybridized carbons (Fsp3) is 0.118. The van der Waals surface area contributed by atoms with E-state index in [1.165, 1.54) is 23.5 Å². The molecule has 3 aromatic rings. The van der Waals surface area contributed by atoms with Gasteiger partial charge in [-0.15, -0.1) is 11.3 Å². The predicted molar refractivity (Wildman–Crippen MR) is 101 cm³/mol. The molecule has 0 saturated carbocycles. The first kappa shape index (κ1) is 17.7. The number of thiazole rings is 1. The van der Waals surface area contributed by atoms with Gasteiger partial charge in [0.15, 0.2) is 5.13 Å². The minimum absolute atomic E-state index is 0.0547. The lowest BCUT2D eigenvalue weighted by molar-refractivity contribution is 0.102. The lowest BCUT2D eigenvalue weighted by atomic mass is 10.1. The first-order chi connectivity index (χ1) is 12.0. The van der Waals surface area contributed by atoms with Crippen molar-refractivity contribution in [3.63, 3.8) is 0 Å². The van der Waals surface area contributed by atoms with Crippen LogP contribution in [-0.4, -0.2) is 23.0 Å². The monoisotopic (exact) mass is 393 g/mol. The van der Waals surface area contributed by atoms with Gasteiger partial charge < -0.3 is 4.74 Å². The molecule has 5 nitrogen and oxygen atoms in total. The highest BCUT2D eigenvalue weighted by atomic mass is 35.5. The molecule has 0 fully saturated rings. The molecule has 1 aromatic carbocycles. The molecule has 0 spiro atoms. The number of aryl methyl sites for hydroxylation is 1. The summed E-state index contributed by atoms with van der Waals surface area (Å²) in [7, 11) is 1.61. The molecule has 0 aliphatic rings. The summed E-state index contributed by atoms with van der Waals surface area (Å²) in [6.45, 7) is 1.99. The number of carbonyl (C=O) groups excluding carboxylic acids is 1. The third-order valence-electron chi connectivity index (χ3n) is 3.38. The van der Waals surface area contributed by atoms with Gasteiger partial charge in [-0.3, -0.25) is 10.1 Å². The van der Waals surface area contributed by atoms with Gasteiger partial charge in [-0.2, -0.15) is 0 Å². The lowest BCUT2D eigenvalue weighted by Crippen LogP contribution is -2.14. The van der Waals surface area contributed by atoms with Crippen molar-refractivity contribution in [2.24, 2.45) is 0 Å². The van der Waals surface area contributed by atoms with Crippen LogP contribution in [0, 0.1) is 6.92 Å². The van der Waals surface area contributed by atoms with E-state index in [1.807, 2.05) is 30.5 Å². The van der Waals surface area contributed by atoms with Gasteiger partial charge >= 0.3 is 0 Å². The van der Waals surface area contributed by atoms with Crippen molar-refractivity contribution in [1.29, 1.82) is 0 Å². The second kappa shape index (κ2) is 7.39. The number of amides is 1. The Kier molecular flexibility index (Phi) is 5.22. The number of anilines is 1. The second-order valence-corrected chi connectivity index (χ2v) is 6.81. The van der Waals surface area contributed by atoms with Gasteiger partial charge in [0, 0.05) is 10.9 Å². The normalized spacial score (nSPS) is 10.6. The van der Waals surface area contributed by atoms with Gasteiger partial charge in [-0.1, -0.05) is 34.8 Å². The van der Waals surface area contributed by atoms with Gasteiger partial charge in [-0.25, -0.2) is 9.97 Å². The zero-order valence-electron chi connectivity index (χ0n) is 13.3. The lowest BCUT2D eigenvalue weighted by Gasteiger charge is -2.07. The van der Waals surface area contributed by atoms with E-state index in [0.29, 0.717) is 16.6 Å². The maximum absolute atomic E-state index is 12.3. The van der Waals surface area contributed by atoms with Gasteiger partial charge in [0.1, 0.15) is 16.6 Å². The topological polar surface area (TPSA) is 64.1 Å². The molecule has 1 N–H and O–H groups in total. The molecule has 128 valence electrons. The molecule has 0 radical (unpaired) electrons. The molecule has 0 saturated heterocycles. The summed E-state index contributed by atoms with van der Waals surface area (Å²) in [5.41, 5.74) is 2.72. The van der Waals surface area contributed by atoms with Crippen LogP contribution in [0.2, 0.25) is 10.2 Å². The quantitative estimate of drug-likeness (QED) is 0.627. The molecular formula is C17H13Cl2N3O2S. The van der Waals surface area contributed by atoms with Crippen molar-refractivity contribution in [3.8, 4) is 17.0 Å². The maximum atomic E-state index is 12.3. The summed E-state index contributed by atoms with van der Waals surface area (Å²) in [5, 5.41) is 5.38. The van der Waals surface area contributed by atoms with Crippen LogP contribution >= 0.6 is 34.5 Å². The van der Waals surface area contributed by atoms with Crippen LogP contribution in [0.5, 0.6) is 5.75 Å². The Balaban J connectivity index is 1.86. The van der Waals surface area contributed by atoms with Crippen LogP contribution in [0.1, 0.15) is 16.1 Å². The van der Waals surface area contributed by atoms with E-state index in [1.54, 1.807) is 7.11 Å². The number of nitrogens with zero attached hydrogens (tertiary/aromatic N) is 2. The molecule has 2 aromatic heterocycles. The van der Waals surface area contributed by atoms with Crippen molar-refractivity contribution in [2.45, 2.75) is 6.92 Å². The van der Waals surface area contributed by atoms with Gasteiger partial charge in [-0.05, 0) is 31.2 Å². The number of hydrogen-bond donors (Lipinski definition) is 1. The predicted octanol–water partition coefficient (Wildman–Crippen LogP) is 5.08. The summed E-state index contributed by atoms with van der Waals surface area (Å²) in [5.74, 6) is 0.248. The molecule has 0 atom stereocenters. The highest BCUT2D eigenvalue weighted by Crippen LogP contribution is 2.33. The SMILES string of the molecule is COc1ccc(C)cc1-c1csc(NC(=O)c2nc(Cl)ccc2Cl)n1. The molecular weight excluding hydrogens is 381 g/mol. The van der Waals surface area contributed by atoms with Gasteiger partial charge in [0.05, 0.1) is 17.8 Å². The Labute approximate surface area is 158 Å². The van der Waals surface area contributed by atoms with Crippen molar-refractivity contribution >= 4 is 45.6 Å². The number of rotatable bonds is 4. The molecule has 2 heterocycles. The van der Waals surface area contributed by atoms with Crippen molar-refractivity contribution in [3.05, 3.63) is 57.1 Å². The van der Waals surface area contributed by atoms with E-state index in [4.69, 9.17) is 27.9 Å². The van der Waals surface area contributed by atoms with Crippen molar-refractivity contribution < 1.29 is 9.53 Å². The largest absolute Gasteiger partial charge is 0.496 e. The number of pyridine rings is 1. The van der Waals surface area contributed by atoms with E-state index in [9.17, 15) is 4.79 Å². The summed E-state index contributed by atoms with van der Waals surface area (Å²) >= 11 is 13.1. The highest BCUT2D eigenvalue weighted by Gasteiger charge is 2.16. The van der Waals surface area contributed by atoms with Crippen LogP contribution < -0.4 is 10.1 Å². The first-order valence-corrected chi connectivity index (χ1v) is 8.85. The summed E-state index contributed by atoms with van der Waals surface area (Å²) in [4.78, 5) is 20.7. The number of ether oxygens (including phenoxy) is 1. The van der Waals surface area contributed by atoms with E-state index in [-0.39, 0.29) is 15.9 Å². The molecule has 0 aliphatic heterocycles. The highest BCUT2D eigenvalue weighted by molar-refractivity contribution is 7.14. The Morgan fingerprint density at radius 2 is 2.00 bits per heavy atom. The number of hydrogen-bond acceptors (Lipinski definition) is 5. The Morgan fingerprint density at radius 1 is 1.20 bits per heavy atom. The molecule has 0 bridgehead atoms. The zero-order chi connectivity index (χ0) is 18.0. The molecule has 0 unspecified atom stereocenters. The smallest absolute Gasteiger partial charge is 0.277 e. The number of methoxy groups -OCH3 is 1. The Bertz CT molecular complexity index is 943. The number of carbonyl (C=O) groups is 1. The minimum Gasteiger partial charge on any atom is -0.496 e. The maximum Gasteiger partial charge on any atom is 0.277 e. The average molecular weight is 394 g/mol.